The van der Waals surface area contributed by atoms with Gasteiger partial charge in [-0.1, -0.05) is 18.2 Å². The molecule has 0 saturated heterocycles. The molecule has 3 aromatic heterocycles. The SMILES string of the molecule is O=C(C1=C(O)C(=O)N(Cc2cccs2)C1c1cccnc1)c1cccs1. The first-order valence-corrected chi connectivity index (χ1v) is 9.67. The molecule has 4 rings (SSSR count). The summed E-state index contributed by atoms with van der Waals surface area (Å²) in [5.74, 6) is -1.34. The van der Waals surface area contributed by atoms with Crippen LogP contribution in [0.5, 0.6) is 0 Å². The van der Waals surface area contributed by atoms with E-state index in [4.69, 9.17) is 0 Å². The average molecular weight is 382 g/mol. The minimum Gasteiger partial charge on any atom is -0.503 e. The van der Waals surface area contributed by atoms with Crippen LogP contribution in [0, 0.1) is 0 Å². The first kappa shape index (κ1) is 16.7. The lowest BCUT2D eigenvalue weighted by Crippen LogP contribution is -2.30. The number of nitrogens with zero attached hydrogens (tertiary/aromatic N) is 2. The molecule has 1 N–H and O–H groups in total. The first-order valence-electron chi connectivity index (χ1n) is 7.91. The van der Waals surface area contributed by atoms with E-state index in [1.165, 1.54) is 27.6 Å². The summed E-state index contributed by atoms with van der Waals surface area (Å²) in [4.78, 5) is 32.9. The number of pyridine rings is 1. The van der Waals surface area contributed by atoms with Crippen molar-refractivity contribution in [2.45, 2.75) is 12.6 Å². The second-order valence-electron chi connectivity index (χ2n) is 5.77. The van der Waals surface area contributed by atoms with Gasteiger partial charge in [0.25, 0.3) is 5.91 Å². The molecule has 1 amide bonds. The van der Waals surface area contributed by atoms with Gasteiger partial charge in [-0.05, 0) is 34.5 Å². The van der Waals surface area contributed by atoms with E-state index < -0.39 is 17.7 Å². The summed E-state index contributed by atoms with van der Waals surface area (Å²) in [5.41, 5.74) is 0.809. The Bertz CT molecular complexity index is 964. The van der Waals surface area contributed by atoms with Gasteiger partial charge >= 0.3 is 0 Å². The monoisotopic (exact) mass is 382 g/mol. The van der Waals surface area contributed by atoms with Gasteiger partial charge < -0.3 is 10.0 Å². The highest BCUT2D eigenvalue weighted by molar-refractivity contribution is 7.12. The smallest absolute Gasteiger partial charge is 0.290 e. The molecule has 7 heteroatoms. The zero-order chi connectivity index (χ0) is 18.1. The van der Waals surface area contributed by atoms with Gasteiger partial charge in [-0.15, -0.1) is 22.7 Å². The molecule has 1 atom stereocenters. The summed E-state index contributed by atoms with van der Waals surface area (Å²) in [6, 6.07) is 10.2. The van der Waals surface area contributed by atoms with Crippen molar-refractivity contribution in [3.63, 3.8) is 0 Å². The highest BCUT2D eigenvalue weighted by Crippen LogP contribution is 2.40. The maximum Gasteiger partial charge on any atom is 0.290 e. The number of aliphatic hydroxyl groups is 1. The van der Waals surface area contributed by atoms with Crippen molar-refractivity contribution in [2.75, 3.05) is 0 Å². The minimum atomic E-state index is -0.659. The molecule has 0 bridgehead atoms. The van der Waals surface area contributed by atoms with Crippen molar-refractivity contribution in [2.24, 2.45) is 0 Å². The predicted molar refractivity (Wildman–Crippen MR) is 100 cm³/mol. The molecule has 1 unspecified atom stereocenters. The van der Waals surface area contributed by atoms with Crippen LogP contribution >= 0.6 is 22.7 Å². The summed E-state index contributed by atoms with van der Waals surface area (Å²) in [7, 11) is 0. The van der Waals surface area contributed by atoms with Crippen LogP contribution in [0.4, 0.5) is 0 Å². The molecule has 0 saturated carbocycles. The Kier molecular flexibility index (Phi) is 4.40. The predicted octanol–water partition coefficient (Wildman–Crippen LogP) is 3.98. The van der Waals surface area contributed by atoms with Crippen LogP contribution in [-0.2, 0) is 11.3 Å². The standard InChI is InChI=1S/C19H14N2O3S2/c22-17(14-6-3-9-26-14)15-16(12-4-1-7-20-10-12)21(19(24)18(15)23)11-13-5-2-8-25-13/h1-10,16,23H,11H2. The number of aromatic nitrogens is 1. The van der Waals surface area contributed by atoms with Gasteiger partial charge in [-0.25, -0.2) is 0 Å². The fourth-order valence-corrected chi connectivity index (χ4v) is 4.42. The zero-order valence-corrected chi connectivity index (χ0v) is 15.2. The zero-order valence-electron chi connectivity index (χ0n) is 13.5. The van der Waals surface area contributed by atoms with Crippen LogP contribution in [-0.4, -0.2) is 26.7 Å². The van der Waals surface area contributed by atoms with Gasteiger partial charge in [0.15, 0.2) is 5.76 Å². The number of hydrogen-bond acceptors (Lipinski definition) is 6. The molecule has 1 aliphatic rings. The van der Waals surface area contributed by atoms with Crippen LogP contribution in [0.25, 0.3) is 0 Å². The molecule has 0 aliphatic carbocycles. The van der Waals surface area contributed by atoms with Gasteiger partial charge in [-0.2, -0.15) is 0 Å². The molecule has 3 aromatic rings. The van der Waals surface area contributed by atoms with Crippen LogP contribution in [0.2, 0.25) is 0 Å². The molecule has 0 radical (unpaired) electrons. The van der Waals surface area contributed by atoms with Gasteiger partial charge in [0.1, 0.15) is 0 Å². The summed E-state index contributed by atoms with van der Waals surface area (Å²) >= 11 is 2.81. The second kappa shape index (κ2) is 6.86. The average Bonchev–Trinajstić information content (AvgIpc) is 3.40. The molecule has 1 aliphatic heterocycles. The van der Waals surface area contributed by atoms with E-state index in [0.29, 0.717) is 17.0 Å². The van der Waals surface area contributed by atoms with Gasteiger partial charge in [0.05, 0.1) is 23.0 Å². The number of aliphatic hydroxyl groups excluding tert-OH is 1. The Morgan fingerprint density at radius 1 is 1.15 bits per heavy atom. The molecule has 130 valence electrons. The molecule has 0 fully saturated rings. The maximum absolute atomic E-state index is 13.0. The first-order chi connectivity index (χ1) is 12.7. The number of Topliss-reactive ketones (excluding diaryl/α,β-unsaturated/α-hetero) is 1. The lowest BCUT2D eigenvalue weighted by molar-refractivity contribution is -0.130. The third-order valence-corrected chi connectivity index (χ3v) is 5.93. The number of thiophene rings is 2. The second-order valence-corrected chi connectivity index (χ2v) is 7.75. The lowest BCUT2D eigenvalue weighted by atomic mass is 9.96. The molecular weight excluding hydrogens is 368 g/mol. The third kappa shape index (κ3) is 2.85. The van der Waals surface area contributed by atoms with E-state index >= 15 is 0 Å². The fourth-order valence-electron chi connectivity index (χ4n) is 3.04. The number of carbonyl (C=O) groups is 2. The van der Waals surface area contributed by atoms with E-state index in [2.05, 4.69) is 4.98 Å². The van der Waals surface area contributed by atoms with Crippen molar-refractivity contribution < 1.29 is 14.7 Å². The topological polar surface area (TPSA) is 70.5 Å². The Morgan fingerprint density at radius 3 is 2.62 bits per heavy atom. The maximum atomic E-state index is 13.0. The van der Waals surface area contributed by atoms with Crippen molar-refractivity contribution in [1.29, 1.82) is 0 Å². The van der Waals surface area contributed by atoms with Crippen LogP contribution in [0.1, 0.15) is 26.2 Å². The molecule has 0 spiro atoms. The summed E-state index contributed by atoms with van der Waals surface area (Å²) in [5, 5.41) is 14.2. The highest BCUT2D eigenvalue weighted by Gasteiger charge is 2.44. The van der Waals surface area contributed by atoms with Gasteiger partial charge in [0.2, 0.25) is 5.78 Å². The van der Waals surface area contributed by atoms with Gasteiger partial charge in [0, 0.05) is 17.3 Å². The molecule has 0 aromatic carbocycles. The van der Waals surface area contributed by atoms with Crippen molar-refractivity contribution in [3.05, 3.63) is 86.2 Å². The number of carbonyl (C=O) groups excluding carboxylic acids is 2. The Labute approximate surface area is 157 Å². The van der Waals surface area contributed by atoms with Crippen LogP contribution < -0.4 is 0 Å². The van der Waals surface area contributed by atoms with Crippen LogP contribution in [0.15, 0.2) is 70.9 Å². The number of rotatable bonds is 5. The summed E-state index contributed by atoms with van der Waals surface area (Å²) in [6.45, 7) is 0.321. The van der Waals surface area contributed by atoms with E-state index in [-0.39, 0.29) is 11.4 Å². The molecule has 26 heavy (non-hydrogen) atoms. The summed E-state index contributed by atoms with van der Waals surface area (Å²) in [6.07, 6.45) is 3.26. The lowest BCUT2D eigenvalue weighted by Gasteiger charge is -2.26. The van der Waals surface area contributed by atoms with E-state index in [1.807, 2.05) is 23.6 Å². The number of hydrogen-bond donors (Lipinski definition) is 1. The number of ketones is 1. The van der Waals surface area contributed by atoms with E-state index in [9.17, 15) is 14.7 Å². The summed E-state index contributed by atoms with van der Waals surface area (Å²) < 4.78 is 0. The molecule has 5 nitrogen and oxygen atoms in total. The van der Waals surface area contributed by atoms with Crippen LogP contribution in [0.3, 0.4) is 0 Å². The fraction of sp³-hybridized carbons (Fsp3) is 0.105. The Balaban J connectivity index is 1.80. The van der Waals surface area contributed by atoms with E-state index in [1.54, 1.807) is 36.0 Å². The Hall–Kier alpha value is -2.77. The van der Waals surface area contributed by atoms with Crippen molar-refractivity contribution in [3.8, 4) is 0 Å². The number of amides is 1. The minimum absolute atomic E-state index is 0.113. The molecular formula is C19H14N2O3S2. The highest BCUT2D eigenvalue weighted by atomic mass is 32.1. The Morgan fingerprint density at radius 2 is 1.96 bits per heavy atom. The van der Waals surface area contributed by atoms with Crippen molar-refractivity contribution >= 4 is 34.4 Å². The molecule has 4 heterocycles. The largest absolute Gasteiger partial charge is 0.503 e. The normalized spacial score (nSPS) is 17.2. The van der Waals surface area contributed by atoms with E-state index in [0.717, 1.165) is 4.88 Å². The third-order valence-electron chi connectivity index (χ3n) is 4.20. The quantitative estimate of drug-likeness (QED) is 0.678. The van der Waals surface area contributed by atoms with Gasteiger partial charge in [-0.3, -0.25) is 14.6 Å². The van der Waals surface area contributed by atoms with Crippen molar-refractivity contribution in [1.82, 2.24) is 9.88 Å².